The lowest BCUT2D eigenvalue weighted by atomic mass is 10.1. The number of hydrogen-bond donors (Lipinski definition) is 1. The molecule has 0 aromatic heterocycles. The maximum absolute atomic E-state index is 11.3. The van der Waals surface area contributed by atoms with E-state index in [0.717, 1.165) is 0 Å². The fraction of sp³-hybridized carbons (Fsp3) is 0.200. The van der Waals surface area contributed by atoms with Gasteiger partial charge >= 0.3 is 0 Å². The van der Waals surface area contributed by atoms with Gasteiger partial charge < -0.3 is 4.90 Å². The van der Waals surface area contributed by atoms with E-state index in [9.17, 15) is 4.79 Å². The normalized spacial score (nSPS) is 9.38. The van der Waals surface area contributed by atoms with Crippen LogP contribution in [0.5, 0.6) is 0 Å². The molecule has 0 saturated heterocycles. The third-order valence-electron chi connectivity index (χ3n) is 1.68. The molecule has 0 saturated carbocycles. The molecule has 1 rings (SSSR count). The quantitative estimate of drug-likeness (QED) is 0.675. The highest BCUT2D eigenvalue weighted by molar-refractivity contribution is 6.43. The molecule has 0 aliphatic rings. The predicted octanol–water partition coefficient (Wildman–Crippen LogP) is 1.14. The maximum atomic E-state index is 11.3. The fourth-order valence-electron chi connectivity index (χ4n) is 0.952. The molecule has 3 heteroatoms. The number of hydrogen-bond acceptors (Lipinski definition) is 2. The van der Waals surface area contributed by atoms with Gasteiger partial charge in [-0.25, -0.2) is 0 Å². The molecule has 1 N–H and O–H groups in total. The van der Waals surface area contributed by atoms with Crippen molar-refractivity contribution >= 4 is 11.6 Å². The van der Waals surface area contributed by atoms with Gasteiger partial charge in [-0.15, -0.1) is 0 Å². The molecule has 1 amide bonds. The SMILES string of the molecule is CN(C)C(=O)C(=N)c1ccccc1. The molecule has 0 radical (unpaired) electrons. The van der Waals surface area contributed by atoms with E-state index in [1.807, 2.05) is 18.2 Å². The van der Waals surface area contributed by atoms with Crippen molar-refractivity contribution in [1.29, 1.82) is 5.41 Å². The Morgan fingerprint density at radius 1 is 1.23 bits per heavy atom. The summed E-state index contributed by atoms with van der Waals surface area (Å²) in [7, 11) is 3.28. The van der Waals surface area contributed by atoms with Crippen LogP contribution in [0.15, 0.2) is 30.3 Å². The molecule has 0 heterocycles. The summed E-state index contributed by atoms with van der Waals surface area (Å²) in [6.45, 7) is 0. The van der Waals surface area contributed by atoms with Crippen LogP contribution >= 0.6 is 0 Å². The van der Waals surface area contributed by atoms with Gasteiger partial charge in [0, 0.05) is 19.7 Å². The molecule has 0 aliphatic heterocycles. The number of nitrogens with one attached hydrogen (secondary N) is 1. The maximum Gasteiger partial charge on any atom is 0.271 e. The zero-order valence-corrected chi connectivity index (χ0v) is 7.74. The summed E-state index contributed by atoms with van der Waals surface area (Å²) < 4.78 is 0. The summed E-state index contributed by atoms with van der Waals surface area (Å²) in [5.41, 5.74) is 0.687. The Balaban J connectivity index is 2.87. The number of carbonyl (C=O) groups is 1. The monoisotopic (exact) mass is 176 g/mol. The van der Waals surface area contributed by atoms with E-state index >= 15 is 0 Å². The van der Waals surface area contributed by atoms with E-state index in [1.165, 1.54) is 4.90 Å². The minimum absolute atomic E-state index is 0.0330. The van der Waals surface area contributed by atoms with Crippen molar-refractivity contribution < 1.29 is 4.79 Å². The van der Waals surface area contributed by atoms with E-state index in [4.69, 9.17) is 5.41 Å². The van der Waals surface area contributed by atoms with E-state index in [-0.39, 0.29) is 11.6 Å². The minimum Gasteiger partial charge on any atom is -0.343 e. The first-order valence-electron chi connectivity index (χ1n) is 3.98. The molecule has 0 aliphatic carbocycles. The van der Waals surface area contributed by atoms with Gasteiger partial charge in [0.15, 0.2) is 0 Å². The zero-order chi connectivity index (χ0) is 9.84. The highest BCUT2D eigenvalue weighted by atomic mass is 16.2. The highest BCUT2D eigenvalue weighted by Crippen LogP contribution is 2.01. The second-order valence-electron chi connectivity index (χ2n) is 2.94. The van der Waals surface area contributed by atoms with Crippen LogP contribution < -0.4 is 0 Å². The van der Waals surface area contributed by atoms with E-state index in [0.29, 0.717) is 5.56 Å². The summed E-state index contributed by atoms with van der Waals surface area (Å²) in [5, 5.41) is 7.57. The predicted molar refractivity (Wildman–Crippen MR) is 52.0 cm³/mol. The Labute approximate surface area is 77.5 Å². The molecule has 1 aromatic rings. The Morgan fingerprint density at radius 3 is 2.23 bits per heavy atom. The van der Waals surface area contributed by atoms with Gasteiger partial charge in [0.1, 0.15) is 5.71 Å². The summed E-state index contributed by atoms with van der Waals surface area (Å²) >= 11 is 0. The van der Waals surface area contributed by atoms with Gasteiger partial charge in [-0.1, -0.05) is 30.3 Å². The largest absolute Gasteiger partial charge is 0.343 e. The van der Waals surface area contributed by atoms with Crippen LogP contribution in [0.2, 0.25) is 0 Å². The standard InChI is InChI=1S/C10H12N2O/c1-12(2)10(13)9(11)8-6-4-3-5-7-8/h3-7,11H,1-2H3. The summed E-state index contributed by atoms with van der Waals surface area (Å²) in [4.78, 5) is 12.7. The third-order valence-corrected chi connectivity index (χ3v) is 1.68. The molecule has 68 valence electrons. The van der Waals surface area contributed by atoms with Gasteiger partial charge in [0.05, 0.1) is 0 Å². The molecular weight excluding hydrogens is 164 g/mol. The Hall–Kier alpha value is -1.64. The lowest BCUT2D eigenvalue weighted by molar-refractivity contribution is -0.121. The number of rotatable bonds is 2. The van der Waals surface area contributed by atoms with Crippen LogP contribution in [-0.4, -0.2) is 30.6 Å². The van der Waals surface area contributed by atoms with Crippen molar-refractivity contribution in [3.05, 3.63) is 35.9 Å². The molecule has 13 heavy (non-hydrogen) atoms. The highest BCUT2D eigenvalue weighted by Gasteiger charge is 2.12. The summed E-state index contributed by atoms with van der Waals surface area (Å²) in [6.07, 6.45) is 0. The van der Waals surface area contributed by atoms with Crippen LogP contribution in [0.25, 0.3) is 0 Å². The zero-order valence-electron chi connectivity index (χ0n) is 7.74. The lowest BCUT2D eigenvalue weighted by Gasteiger charge is -2.10. The van der Waals surface area contributed by atoms with E-state index in [1.54, 1.807) is 26.2 Å². The van der Waals surface area contributed by atoms with Crippen LogP contribution in [0.4, 0.5) is 0 Å². The second-order valence-corrected chi connectivity index (χ2v) is 2.94. The van der Waals surface area contributed by atoms with Crippen molar-refractivity contribution in [2.75, 3.05) is 14.1 Å². The average molecular weight is 176 g/mol. The van der Waals surface area contributed by atoms with Gasteiger partial charge in [-0.05, 0) is 0 Å². The van der Waals surface area contributed by atoms with Crippen LogP contribution in [0, 0.1) is 5.41 Å². The number of benzene rings is 1. The van der Waals surface area contributed by atoms with Crippen molar-refractivity contribution in [3.8, 4) is 0 Å². The smallest absolute Gasteiger partial charge is 0.271 e. The molecule has 3 nitrogen and oxygen atoms in total. The number of nitrogens with zero attached hydrogens (tertiary/aromatic N) is 1. The van der Waals surface area contributed by atoms with Crippen LogP contribution in [0.3, 0.4) is 0 Å². The molecule has 0 atom stereocenters. The Morgan fingerprint density at radius 2 is 1.77 bits per heavy atom. The van der Waals surface area contributed by atoms with Crippen molar-refractivity contribution in [3.63, 3.8) is 0 Å². The number of amides is 1. The van der Waals surface area contributed by atoms with Gasteiger partial charge in [-0.3, -0.25) is 10.2 Å². The van der Waals surface area contributed by atoms with Crippen LogP contribution in [0.1, 0.15) is 5.56 Å². The third kappa shape index (κ3) is 2.15. The molecular formula is C10H12N2O. The second kappa shape index (κ2) is 3.85. The summed E-state index contributed by atoms with van der Waals surface area (Å²) in [6, 6.07) is 8.99. The molecule has 0 spiro atoms. The average Bonchev–Trinajstić information content (AvgIpc) is 2.17. The first kappa shape index (κ1) is 9.45. The topological polar surface area (TPSA) is 44.2 Å². The lowest BCUT2D eigenvalue weighted by Crippen LogP contribution is -2.29. The molecule has 0 fully saturated rings. The Bertz CT molecular complexity index is 317. The van der Waals surface area contributed by atoms with Crippen LogP contribution in [-0.2, 0) is 4.79 Å². The number of carbonyl (C=O) groups excluding carboxylic acids is 1. The van der Waals surface area contributed by atoms with Gasteiger partial charge in [-0.2, -0.15) is 0 Å². The van der Waals surface area contributed by atoms with E-state index in [2.05, 4.69) is 0 Å². The molecule has 0 bridgehead atoms. The first-order valence-corrected chi connectivity index (χ1v) is 3.98. The number of likely N-dealkylation sites (N-methyl/N-ethyl adjacent to an activating group) is 1. The van der Waals surface area contributed by atoms with Gasteiger partial charge in [0.25, 0.3) is 5.91 Å². The Kier molecular flexibility index (Phi) is 2.80. The molecule has 1 aromatic carbocycles. The minimum atomic E-state index is -0.272. The fourth-order valence-corrected chi connectivity index (χ4v) is 0.952. The van der Waals surface area contributed by atoms with Crippen molar-refractivity contribution in [2.24, 2.45) is 0 Å². The van der Waals surface area contributed by atoms with Gasteiger partial charge in [0.2, 0.25) is 0 Å². The molecule has 0 unspecified atom stereocenters. The van der Waals surface area contributed by atoms with E-state index < -0.39 is 0 Å². The van der Waals surface area contributed by atoms with Crippen molar-refractivity contribution in [2.45, 2.75) is 0 Å². The van der Waals surface area contributed by atoms with Crippen molar-refractivity contribution in [1.82, 2.24) is 4.90 Å². The first-order chi connectivity index (χ1) is 6.13. The summed E-state index contributed by atoms with van der Waals surface area (Å²) in [5.74, 6) is -0.272.